The van der Waals surface area contributed by atoms with E-state index in [1.807, 2.05) is 19.9 Å². The molecule has 0 spiro atoms. The highest BCUT2D eigenvalue weighted by Crippen LogP contribution is 2.21. The van der Waals surface area contributed by atoms with Crippen LogP contribution >= 0.6 is 0 Å². The van der Waals surface area contributed by atoms with Gasteiger partial charge >= 0.3 is 5.69 Å². The minimum absolute atomic E-state index is 0.0367. The van der Waals surface area contributed by atoms with Crippen LogP contribution in [0, 0.1) is 11.3 Å². The van der Waals surface area contributed by atoms with Gasteiger partial charge in [-0.1, -0.05) is 32.8 Å². The molecule has 0 bridgehead atoms. The molecule has 0 fully saturated rings. The van der Waals surface area contributed by atoms with Crippen molar-refractivity contribution in [3.63, 3.8) is 0 Å². The van der Waals surface area contributed by atoms with Crippen LogP contribution in [0.25, 0.3) is 0 Å². The number of H-pyrrole nitrogens is 1. The van der Waals surface area contributed by atoms with Gasteiger partial charge in [0.1, 0.15) is 11.6 Å². The Morgan fingerprint density at radius 2 is 2.00 bits per heavy atom. The summed E-state index contributed by atoms with van der Waals surface area (Å²) in [5.41, 5.74) is 5.25. The van der Waals surface area contributed by atoms with E-state index >= 15 is 0 Å². The van der Waals surface area contributed by atoms with E-state index in [-0.39, 0.29) is 18.1 Å². The largest absolute Gasteiger partial charge is 0.481 e. The molecule has 1 amide bonds. The van der Waals surface area contributed by atoms with Gasteiger partial charge in [-0.3, -0.25) is 19.1 Å². The first-order valence-corrected chi connectivity index (χ1v) is 10.4. The quantitative estimate of drug-likeness (QED) is 0.598. The van der Waals surface area contributed by atoms with Crippen molar-refractivity contribution < 1.29 is 9.53 Å². The van der Waals surface area contributed by atoms with Crippen molar-refractivity contribution >= 4 is 17.4 Å². The molecule has 1 aromatic heterocycles. The van der Waals surface area contributed by atoms with Crippen LogP contribution in [0.1, 0.15) is 52.0 Å². The molecule has 1 atom stereocenters. The Hall–Kier alpha value is -3.54. The standard InChI is InChI=1S/C22H29N5O4/c1-4-6-11-26(18-19(24)27(12-7-5-2)22(30)25-20(18)28)21(29)15(3)31-17-10-8-9-16(13-17)14-23/h8-10,13,15H,4-7,11-12,24H2,1-3H3,(H,25,28,30). The van der Waals surface area contributed by atoms with Gasteiger partial charge in [0, 0.05) is 13.1 Å². The smallest absolute Gasteiger partial charge is 0.330 e. The number of nitrogen functional groups attached to an aromatic ring is 1. The molecule has 166 valence electrons. The monoisotopic (exact) mass is 427 g/mol. The van der Waals surface area contributed by atoms with Crippen LogP contribution in [-0.2, 0) is 11.3 Å². The molecular weight excluding hydrogens is 398 g/mol. The number of ether oxygens (including phenoxy) is 1. The Kier molecular flexibility index (Phi) is 8.43. The number of nitrogens with zero attached hydrogens (tertiary/aromatic N) is 3. The Labute approximate surface area is 181 Å². The number of nitrogens with one attached hydrogen (secondary N) is 1. The number of anilines is 2. The summed E-state index contributed by atoms with van der Waals surface area (Å²) in [7, 11) is 0. The average Bonchev–Trinajstić information content (AvgIpc) is 2.75. The Bertz CT molecular complexity index is 1070. The predicted octanol–water partition coefficient (Wildman–Crippen LogP) is 2.39. The van der Waals surface area contributed by atoms with Gasteiger partial charge in [-0.05, 0) is 38.0 Å². The van der Waals surface area contributed by atoms with Gasteiger partial charge in [0.05, 0.1) is 11.6 Å². The molecule has 9 heteroatoms. The first kappa shape index (κ1) is 23.7. The lowest BCUT2D eigenvalue weighted by molar-refractivity contribution is -0.124. The first-order valence-electron chi connectivity index (χ1n) is 10.4. The molecule has 9 nitrogen and oxygen atoms in total. The third kappa shape index (κ3) is 5.75. The molecule has 0 aliphatic rings. The number of aromatic nitrogens is 2. The minimum atomic E-state index is -0.944. The number of carbonyl (C=O) groups excluding carboxylic acids is 1. The molecule has 31 heavy (non-hydrogen) atoms. The van der Waals surface area contributed by atoms with E-state index in [1.165, 1.54) is 15.5 Å². The minimum Gasteiger partial charge on any atom is -0.481 e. The number of hydrogen-bond donors (Lipinski definition) is 2. The van der Waals surface area contributed by atoms with Gasteiger partial charge < -0.3 is 15.4 Å². The third-order valence-corrected chi connectivity index (χ3v) is 4.84. The molecule has 3 N–H and O–H groups in total. The molecular formula is C22H29N5O4. The topological polar surface area (TPSA) is 134 Å². The number of unbranched alkanes of at least 4 members (excludes halogenated alkanes) is 2. The fourth-order valence-electron chi connectivity index (χ4n) is 3.14. The number of carbonyl (C=O) groups is 1. The molecule has 2 aromatic rings. The number of benzene rings is 1. The maximum atomic E-state index is 13.3. The summed E-state index contributed by atoms with van der Waals surface area (Å²) in [5.74, 6) is -0.135. The number of rotatable bonds is 10. The third-order valence-electron chi connectivity index (χ3n) is 4.84. The fraction of sp³-hybridized carbons (Fsp3) is 0.455. The van der Waals surface area contributed by atoms with Crippen molar-refractivity contribution in [1.29, 1.82) is 5.26 Å². The number of nitrogens with two attached hydrogens (primary N) is 1. The SMILES string of the molecule is CCCCN(C(=O)C(C)Oc1cccc(C#N)c1)c1c(N)n(CCCC)c(=O)[nH]c1=O. The molecule has 2 rings (SSSR count). The molecule has 1 unspecified atom stereocenters. The molecule has 0 aliphatic carbocycles. The van der Waals surface area contributed by atoms with Crippen molar-refractivity contribution in [2.24, 2.45) is 0 Å². The molecule has 1 heterocycles. The van der Waals surface area contributed by atoms with Crippen LogP contribution < -0.4 is 26.6 Å². The van der Waals surface area contributed by atoms with Gasteiger partial charge in [-0.15, -0.1) is 0 Å². The zero-order chi connectivity index (χ0) is 23.0. The fourth-order valence-corrected chi connectivity index (χ4v) is 3.14. The lowest BCUT2D eigenvalue weighted by atomic mass is 10.2. The summed E-state index contributed by atoms with van der Waals surface area (Å²) < 4.78 is 7.02. The van der Waals surface area contributed by atoms with Gasteiger partial charge in [0.25, 0.3) is 11.5 Å². The normalized spacial score (nSPS) is 11.5. The van der Waals surface area contributed by atoms with Crippen LogP contribution in [0.3, 0.4) is 0 Å². The number of nitriles is 1. The van der Waals surface area contributed by atoms with E-state index < -0.39 is 23.3 Å². The van der Waals surface area contributed by atoms with E-state index in [0.29, 0.717) is 30.7 Å². The lowest BCUT2D eigenvalue weighted by Crippen LogP contribution is -2.46. The second kappa shape index (κ2) is 11.0. The zero-order valence-corrected chi connectivity index (χ0v) is 18.2. The lowest BCUT2D eigenvalue weighted by Gasteiger charge is -2.27. The Balaban J connectivity index is 2.42. The summed E-state index contributed by atoms with van der Waals surface area (Å²) in [6.45, 7) is 6.10. The highest BCUT2D eigenvalue weighted by molar-refractivity contribution is 5.98. The van der Waals surface area contributed by atoms with Crippen LogP contribution in [0.4, 0.5) is 11.5 Å². The van der Waals surface area contributed by atoms with Crippen molar-refractivity contribution in [3.8, 4) is 11.8 Å². The summed E-state index contributed by atoms with van der Waals surface area (Å²) in [4.78, 5) is 41.7. The van der Waals surface area contributed by atoms with Crippen LogP contribution in [0.15, 0.2) is 33.9 Å². The van der Waals surface area contributed by atoms with Gasteiger partial charge in [0.15, 0.2) is 11.8 Å². The van der Waals surface area contributed by atoms with Crippen molar-refractivity contribution in [2.75, 3.05) is 17.2 Å². The van der Waals surface area contributed by atoms with Crippen LogP contribution in [0.5, 0.6) is 5.75 Å². The molecule has 0 radical (unpaired) electrons. The number of hydrogen-bond acceptors (Lipinski definition) is 6. The van der Waals surface area contributed by atoms with E-state index in [4.69, 9.17) is 15.7 Å². The summed E-state index contributed by atoms with van der Waals surface area (Å²) >= 11 is 0. The second-order valence-electron chi connectivity index (χ2n) is 7.24. The second-order valence-corrected chi connectivity index (χ2v) is 7.24. The summed E-state index contributed by atoms with van der Waals surface area (Å²) in [6.07, 6.45) is 2.02. The molecule has 0 saturated carbocycles. The Morgan fingerprint density at radius 1 is 1.29 bits per heavy atom. The highest BCUT2D eigenvalue weighted by atomic mass is 16.5. The van der Waals surface area contributed by atoms with E-state index in [2.05, 4.69) is 4.98 Å². The molecule has 0 saturated heterocycles. The molecule has 1 aromatic carbocycles. The van der Waals surface area contributed by atoms with Crippen molar-refractivity contribution in [1.82, 2.24) is 9.55 Å². The Morgan fingerprint density at radius 3 is 2.65 bits per heavy atom. The summed E-state index contributed by atoms with van der Waals surface area (Å²) in [5, 5.41) is 9.05. The number of amides is 1. The van der Waals surface area contributed by atoms with Crippen molar-refractivity contribution in [3.05, 3.63) is 50.7 Å². The maximum Gasteiger partial charge on any atom is 0.330 e. The average molecular weight is 428 g/mol. The van der Waals surface area contributed by atoms with Gasteiger partial charge in [0.2, 0.25) is 0 Å². The maximum absolute atomic E-state index is 13.3. The van der Waals surface area contributed by atoms with Gasteiger partial charge in [-0.2, -0.15) is 5.26 Å². The predicted molar refractivity (Wildman–Crippen MR) is 119 cm³/mol. The first-order chi connectivity index (χ1) is 14.8. The van der Waals surface area contributed by atoms with E-state index in [9.17, 15) is 14.4 Å². The van der Waals surface area contributed by atoms with Crippen molar-refractivity contribution in [2.45, 2.75) is 59.1 Å². The summed E-state index contributed by atoms with van der Waals surface area (Å²) in [6, 6.07) is 8.49. The number of aromatic amines is 1. The van der Waals surface area contributed by atoms with Crippen LogP contribution in [0.2, 0.25) is 0 Å². The zero-order valence-electron chi connectivity index (χ0n) is 18.2. The van der Waals surface area contributed by atoms with E-state index in [1.54, 1.807) is 25.1 Å². The van der Waals surface area contributed by atoms with Crippen LogP contribution in [-0.4, -0.2) is 28.1 Å². The van der Waals surface area contributed by atoms with Gasteiger partial charge in [-0.25, -0.2) is 4.79 Å². The van der Waals surface area contributed by atoms with E-state index in [0.717, 1.165) is 12.8 Å². The highest BCUT2D eigenvalue weighted by Gasteiger charge is 2.28. The molecule has 0 aliphatic heterocycles.